The summed E-state index contributed by atoms with van der Waals surface area (Å²) in [5, 5.41) is 0.542. The molecule has 2 aromatic carbocycles. The molecular weight excluding hydrogens is 348 g/mol. The van der Waals surface area contributed by atoms with Crippen molar-refractivity contribution in [2.45, 2.75) is 0 Å². The van der Waals surface area contributed by atoms with E-state index in [9.17, 15) is 9.59 Å². The van der Waals surface area contributed by atoms with E-state index in [2.05, 4.69) is 4.98 Å². The van der Waals surface area contributed by atoms with Crippen LogP contribution in [0.15, 0.2) is 79.0 Å². The van der Waals surface area contributed by atoms with Crippen molar-refractivity contribution in [3.8, 4) is 0 Å². The molecule has 0 amide bonds. The highest BCUT2D eigenvalue weighted by atomic mass is 35.5. The summed E-state index contributed by atoms with van der Waals surface area (Å²) in [6, 6.07) is 20.8. The van der Waals surface area contributed by atoms with E-state index in [-0.39, 0.29) is 23.0 Å². The first-order valence-corrected chi connectivity index (χ1v) is 8.40. The first kappa shape index (κ1) is 16.2. The molecule has 0 atom stereocenters. The van der Waals surface area contributed by atoms with Gasteiger partial charge in [-0.25, -0.2) is 4.98 Å². The van der Waals surface area contributed by atoms with Crippen molar-refractivity contribution >= 4 is 28.8 Å². The Kier molecular flexibility index (Phi) is 4.11. The molecule has 126 valence electrons. The Morgan fingerprint density at radius 2 is 1.42 bits per heavy atom. The number of carbonyl (C=O) groups excluding carboxylic acids is 2. The van der Waals surface area contributed by atoms with Crippen LogP contribution in [0.25, 0.3) is 5.65 Å². The maximum Gasteiger partial charge on any atom is 0.213 e. The van der Waals surface area contributed by atoms with Crippen LogP contribution < -0.4 is 0 Å². The second-order valence-electron chi connectivity index (χ2n) is 5.77. The average molecular weight is 361 g/mol. The molecule has 4 rings (SSSR count). The normalized spacial score (nSPS) is 10.8. The number of fused-ring (bicyclic) bond motifs is 1. The standard InChI is InChI=1S/C21H13ClN2O2/c22-16-11-9-15(10-12-16)21(26)19-18(20(25)14-6-2-1-3-7-14)23-17-8-4-5-13-24(17)19/h1-13H. The number of imidazole rings is 1. The van der Waals surface area contributed by atoms with Crippen LogP contribution in [0.3, 0.4) is 0 Å². The third-order valence-electron chi connectivity index (χ3n) is 4.10. The number of hydrogen-bond donors (Lipinski definition) is 0. The van der Waals surface area contributed by atoms with E-state index in [1.54, 1.807) is 71.3 Å². The van der Waals surface area contributed by atoms with Gasteiger partial charge in [0, 0.05) is 22.3 Å². The van der Waals surface area contributed by atoms with Crippen LogP contribution in [0.1, 0.15) is 32.1 Å². The summed E-state index contributed by atoms with van der Waals surface area (Å²) < 4.78 is 1.65. The second kappa shape index (κ2) is 6.58. The molecule has 0 spiro atoms. The largest absolute Gasteiger partial charge is 0.296 e. The summed E-state index contributed by atoms with van der Waals surface area (Å²) in [7, 11) is 0. The predicted octanol–water partition coefficient (Wildman–Crippen LogP) is 4.45. The summed E-state index contributed by atoms with van der Waals surface area (Å²) >= 11 is 5.92. The molecule has 0 aliphatic heterocycles. The summed E-state index contributed by atoms with van der Waals surface area (Å²) in [4.78, 5) is 30.5. The van der Waals surface area contributed by atoms with Crippen molar-refractivity contribution in [2.24, 2.45) is 0 Å². The van der Waals surface area contributed by atoms with Crippen molar-refractivity contribution in [3.05, 3.63) is 107 Å². The molecule has 0 radical (unpaired) electrons. The third kappa shape index (κ3) is 2.80. The molecule has 0 saturated carbocycles. The third-order valence-corrected chi connectivity index (χ3v) is 4.35. The summed E-state index contributed by atoms with van der Waals surface area (Å²) in [5.74, 6) is -0.564. The number of hydrogen-bond acceptors (Lipinski definition) is 3. The average Bonchev–Trinajstić information content (AvgIpc) is 3.07. The lowest BCUT2D eigenvalue weighted by atomic mass is 10.0. The van der Waals surface area contributed by atoms with E-state index in [4.69, 9.17) is 11.6 Å². The van der Waals surface area contributed by atoms with Gasteiger partial charge < -0.3 is 0 Å². The van der Waals surface area contributed by atoms with E-state index in [0.717, 1.165) is 0 Å². The molecule has 2 heterocycles. The molecule has 4 nitrogen and oxygen atoms in total. The fraction of sp³-hybridized carbons (Fsp3) is 0. The highest BCUT2D eigenvalue weighted by molar-refractivity contribution is 6.30. The van der Waals surface area contributed by atoms with Gasteiger partial charge in [0.05, 0.1) is 0 Å². The van der Waals surface area contributed by atoms with Crippen LogP contribution in [0.2, 0.25) is 5.02 Å². The van der Waals surface area contributed by atoms with Crippen molar-refractivity contribution < 1.29 is 9.59 Å². The van der Waals surface area contributed by atoms with Crippen LogP contribution in [-0.2, 0) is 0 Å². The zero-order valence-electron chi connectivity index (χ0n) is 13.6. The fourth-order valence-electron chi connectivity index (χ4n) is 2.84. The van der Waals surface area contributed by atoms with Gasteiger partial charge in [0.1, 0.15) is 17.0 Å². The van der Waals surface area contributed by atoms with E-state index in [1.165, 1.54) is 0 Å². The molecule has 0 unspecified atom stereocenters. The molecule has 0 N–H and O–H groups in total. The van der Waals surface area contributed by atoms with Gasteiger partial charge in [-0.2, -0.15) is 0 Å². The first-order chi connectivity index (χ1) is 12.6. The number of rotatable bonds is 4. The lowest BCUT2D eigenvalue weighted by Gasteiger charge is -2.05. The zero-order valence-corrected chi connectivity index (χ0v) is 14.4. The minimum absolute atomic E-state index is 0.141. The number of nitrogens with zero attached hydrogens (tertiary/aromatic N) is 2. The van der Waals surface area contributed by atoms with Crippen LogP contribution in [-0.4, -0.2) is 21.0 Å². The number of pyridine rings is 1. The fourth-order valence-corrected chi connectivity index (χ4v) is 2.96. The van der Waals surface area contributed by atoms with Gasteiger partial charge in [-0.1, -0.05) is 48.0 Å². The highest BCUT2D eigenvalue weighted by Crippen LogP contribution is 2.21. The Morgan fingerprint density at radius 3 is 2.15 bits per heavy atom. The molecular formula is C21H13ClN2O2. The van der Waals surface area contributed by atoms with Gasteiger partial charge in [-0.05, 0) is 36.4 Å². The molecule has 0 bridgehead atoms. The van der Waals surface area contributed by atoms with Gasteiger partial charge in [-0.3, -0.25) is 14.0 Å². The Bertz CT molecular complexity index is 1120. The van der Waals surface area contributed by atoms with E-state index < -0.39 is 0 Å². The number of carbonyl (C=O) groups is 2. The van der Waals surface area contributed by atoms with Crippen LogP contribution >= 0.6 is 11.6 Å². The number of ketones is 2. The van der Waals surface area contributed by atoms with E-state index >= 15 is 0 Å². The maximum absolute atomic E-state index is 13.1. The van der Waals surface area contributed by atoms with Gasteiger partial charge >= 0.3 is 0 Å². The maximum atomic E-state index is 13.1. The molecule has 0 aliphatic carbocycles. The molecule has 2 aromatic heterocycles. The van der Waals surface area contributed by atoms with Crippen molar-refractivity contribution in [1.29, 1.82) is 0 Å². The van der Waals surface area contributed by atoms with Gasteiger partial charge in [0.2, 0.25) is 11.6 Å². The summed E-state index contributed by atoms with van der Waals surface area (Å²) in [6.07, 6.45) is 1.73. The molecule has 4 aromatic rings. The number of benzene rings is 2. The smallest absolute Gasteiger partial charge is 0.213 e. The topological polar surface area (TPSA) is 51.4 Å². The van der Waals surface area contributed by atoms with Gasteiger partial charge in [0.15, 0.2) is 0 Å². The quantitative estimate of drug-likeness (QED) is 0.505. The van der Waals surface area contributed by atoms with Crippen LogP contribution in [0.4, 0.5) is 0 Å². The minimum Gasteiger partial charge on any atom is -0.296 e. The highest BCUT2D eigenvalue weighted by Gasteiger charge is 2.25. The monoisotopic (exact) mass is 360 g/mol. The zero-order chi connectivity index (χ0) is 18.1. The predicted molar refractivity (Wildman–Crippen MR) is 100.0 cm³/mol. The molecule has 0 aliphatic rings. The first-order valence-electron chi connectivity index (χ1n) is 8.02. The minimum atomic E-state index is -0.286. The van der Waals surface area contributed by atoms with E-state index in [1.807, 2.05) is 12.1 Å². The van der Waals surface area contributed by atoms with E-state index in [0.29, 0.717) is 21.8 Å². The molecule has 0 fully saturated rings. The van der Waals surface area contributed by atoms with Gasteiger partial charge in [0.25, 0.3) is 0 Å². The van der Waals surface area contributed by atoms with Crippen molar-refractivity contribution in [1.82, 2.24) is 9.38 Å². The van der Waals surface area contributed by atoms with Crippen LogP contribution in [0.5, 0.6) is 0 Å². The Hall–Kier alpha value is -3.24. The SMILES string of the molecule is O=C(c1ccccc1)c1nc2ccccn2c1C(=O)c1ccc(Cl)cc1. The van der Waals surface area contributed by atoms with Crippen molar-refractivity contribution in [2.75, 3.05) is 0 Å². The van der Waals surface area contributed by atoms with Crippen LogP contribution in [0, 0.1) is 0 Å². The van der Waals surface area contributed by atoms with Gasteiger partial charge in [-0.15, -0.1) is 0 Å². The molecule has 0 saturated heterocycles. The molecule has 26 heavy (non-hydrogen) atoms. The number of halogens is 1. The molecule has 5 heteroatoms. The summed E-state index contributed by atoms with van der Waals surface area (Å²) in [6.45, 7) is 0. The van der Waals surface area contributed by atoms with Crippen molar-refractivity contribution in [3.63, 3.8) is 0 Å². The Morgan fingerprint density at radius 1 is 0.769 bits per heavy atom. The Labute approximate surface area is 154 Å². The number of aromatic nitrogens is 2. The lowest BCUT2D eigenvalue weighted by molar-refractivity contribution is 0.0997. The second-order valence-corrected chi connectivity index (χ2v) is 6.21. The lowest BCUT2D eigenvalue weighted by Crippen LogP contribution is -2.12. The Balaban J connectivity index is 1.91. The summed E-state index contributed by atoms with van der Waals surface area (Å²) in [5.41, 5.74) is 1.87.